The molecule has 2 atom stereocenters. The molecule has 0 radical (unpaired) electrons. The number of nitrogens with one attached hydrogen (secondary N) is 1. The summed E-state index contributed by atoms with van der Waals surface area (Å²) in [6, 6.07) is 28.9. The number of pyridine rings is 1. The zero-order valence-corrected chi connectivity index (χ0v) is 19.5. The standard InChI is InChI=1S/C27H26N4OS/c1-19-11-16-24(31(19)21-8-4-3-5-9-21)26-25(23-10-6-7-17-28-23)29-27(33)30(26)18-20-12-14-22(32-2)15-13-20/h3-17,25-26H,18H2,1-2H3,(H,29,33). The van der Waals surface area contributed by atoms with Gasteiger partial charge < -0.3 is 19.5 Å². The molecule has 2 aromatic carbocycles. The summed E-state index contributed by atoms with van der Waals surface area (Å²) in [7, 11) is 1.68. The monoisotopic (exact) mass is 454 g/mol. The smallest absolute Gasteiger partial charge is 0.170 e. The number of benzene rings is 2. The molecule has 0 saturated carbocycles. The minimum Gasteiger partial charge on any atom is -0.497 e. The van der Waals surface area contributed by atoms with Gasteiger partial charge in [-0.05, 0) is 73.2 Å². The molecule has 1 fully saturated rings. The van der Waals surface area contributed by atoms with E-state index in [9.17, 15) is 0 Å². The Morgan fingerprint density at radius 2 is 1.70 bits per heavy atom. The Hall–Kier alpha value is -3.64. The van der Waals surface area contributed by atoms with Crippen LogP contribution >= 0.6 is 12.2 Å². The van der Waals surface area contributed by atoms with Crippen LogP contribution in [-0.4, -0.2) is 26.7 Å². The third kappa shape index (κ3) is 4.10. The highest BCUT2D eigenvalue weighted by Gasteiger charge is 2.41. The Labute approximate surface area is 199 Å². The molecule has 4 aromatic rings. The normalized spacial score (nSPS) is 17.8. The summed E-state index contributed by atoms with van der Waals surface area (Å²) in [6.45, 7) is 2.82. The van der Waals surface area contributed by atoms with Gasteiger partial charge in [0, 0.05) is 29.8 Å². The summed E-state index contributed by atoms with van der Waals surface area (Å²) in [5, 5.41) is 4.28. The van der Waals surface area contributed by atoms with Crippen LogP contribution < -0.4 is 10.1 Å². The van der Waals surface area contributed by atoms with Crippen molar-refractivity contribution in [3.8, 4) is 11.4 Å². The topological polar surface area (TPSA) is 42.3 Å². The first-order valence-corrected chi connectivity index (χ1v) is 11.4. The quantitative estimate of drug-likeness (QED) is 0.397. The first-order valence-electron chi connectivity index (χ1n) is 11.0. The highest BCUT2D eigenvalue weighted by molar-refractivity contribution is 7.80. The number of nitrogens with zero attached hydrogens (tertiary/aromatic N) is 3. The maximum absolute atomic E-state index is 5.86. The van der Waals surface area contributed by atoms with Gasteiger partial charge in [-0.15, -0.1) is 0 Å². The molecule has 5 nitrogen and oxygen atoms in total. The van der Waals surface area contributed by atoms with E-state index < -0.39 is 0 Å². The first kappa shape index (κ1) is 21.2. The number of rotatable bonds is 6. The van der Waals surface area contributed by atoms with Crippen molar-refractivity contribution in [1.29, 1.82) is 0 Å². The molecule has 1 N–H and O–H groups in total. The van der Waals surface area contributed by atoms with Crippen LogP contribution in [0.2, 0.25) is 0 Å². The summed E-state index contributed by atoms with van der Waals surface area (Å²) < 4.78 is 7.65. The number of thiocarbonyl (C=S) groups is 1. The highest BCUT2D eigenvalue weighted by Crippen LogP contribution is 2.41. The molecular formula is C27H26N4OS. The van der Waals surface area contributed by atoms with E-state index >= 15 is 0 Å². The number of methoxy groups -OCH3 is 1. The Morgan fingerprint density at radius 1 is 0.939 bits per heavy atom. The van der Waals surface area contributed by atoms with Crippen molar-refractivity contribution in [2.24, 2.45) is 0 Å². The summed E-state index contributed by atoms with van der Waals surface area (Å²) in [5.74, 6) is 0.845. The number of hydrogen-bond donors (Lipinski definition) is 1. The van der Waals surface area contributed by atoms with Gasteiger partial charge in [-0.1, -0.05) is 36.4 Å². The van der Waals surface area contributed by atoms with Crippen molar-refractivity contribution in [2.45, 2.75) is 25.6 Å². The van der Waals surface area contributed by atoms with E-state index in [4.69, 9.17) is 17.0 Å². The predicted octanol–water partition coefficient (Wildman–Crippen LogP) is 5.36. The van der Waals surface area contributed by atoms with Crippen LogP contribution in [0.15, 0.2) is 91.1 Å². The minimum atomic E-state index is -0.0614. The van der Waals surface area contributed by atoms with Gasteiger partial charge in [-0.25, -0.2) is 0 Å². The Kier molecular flexibility index (Phi) is 5.84. The van der Waals surface area contributed by atoms with Crippen molar-refractivity contribution in [2.75, 3.05) is 7.11 Å². The lowest BCUT2D eigenvalue weighted by atomic mass is 10.0. The molecule has 2 unspecified atom stereocenters. The third-order valence-corrected chi connectivity index (χ3v) is 6.49. The van der Waals surface area contributed by atoms with Crippen LogP contribution in [0.5, 0.6) is 5.75 Å². The third-order valence-electron chi connectivity index (χ3n) is 6.13. The van der Waals surface area contributed by atoms with Gasteiger partial charge >= 0.3 is 0 Å². The lowest BCUT2D eigenvalue weighted by Crippen LogP contribution is -2.30. The van der Waals surface area contributed by atoms with Crippen LogP contribution in [0.3, 0.4) is 0 Å². The van der Waals surface area contributed by atoms with Crippen molar-refractivity contribution in [1.82, 2.24) is 19.8 Å². The molecule has 0 spiro atoms. The molecular weight excluding hydrogens is 428 g/mol. The van der Waals surface area contributed by atoms with Crippen molar-refractivity contribution < 1.29 is 4.74 Å². The molecule has 0 aliphatic carbocycles. The highest BCUT2D eigenvalue weighted by atomic mass is 32.1. The number of hydrogen-bond acceptors (Lipinski definition) is 3. The Balaban J connectivity index is 1.60. The van der Waals surface area contributed by atoms with E-state index in [0.29, 0.717) is 6.54 Å². The van der Waals surface area contributed by atoms with Gasteiger partial charge in [0.05, 0.1) is 24.9 Å². The molecule has 0 bridgehead atoms. The summed E-state index contributed by atoms with van der Waals surface area (Å²) in [5.41, 5.74) is 5.63. The summed E-state index contributed by atoms with van der Waals surface area (Å²) in [6.07, 6.45) is 1.84. The van der Waals surface area contributed by atoms with Gasteiger partial charge in [0.2, 0.25) is 0 Å². The van der Waals surface area contributed by atoms with Gasteiger partial charge in [0.15, 0.2) is 5.11 Å². The largest absolute Gasteiger partial charge is 0.497 e. The molecule has 1 saturated heterocycles. The van der Waals surface area contributed by atoms with E-state index in [2.05, 4.69) is 81.3 Å². The van der Waals surface area contributed by atoms with Gasteiger partial charge in [-0.2, -0.15) is 0 Å². The number of aryl methyl sites for hydroxylation is 1. The second-order valence-corrected chi connectivity index (χ2v) is 8.56. The van der Waals surface area contributed by atoms with Crippen LogP contribution in [-0.2, 0) is 6.54 Å². The van der Waals surface area contributed by atoms with E-state index in [1.54, 1.807) is 7.11 Å². The molecule has 1 aliphatic heterocycles. The Morgan fingerprint density at radius 3 is 2.39 bits per heavy atom. The van der Waals surface area contributed by atoms with Crippen LogP contribution in [0, 0.1) is 6.92 Å². The van der Waals surface area contributed by atoms with E-state index in [-0.39, 0.29) is 12.1 Å². The lowest BCUT2D eigenvalue weighted by molar-refractivity contribution is 0.302. The molecule has 166 valence electrons. The average molecular weight is 455 g/mol. The lowest BCUT2D eigenvalue weighted by Gasteiger charge is -2.29. The SMILES string of the molecule is COc1ccc(CN2C(=S)NC(c3ccccn3)C2c2ccc(C)n2-c2ccccc2)cc1. The van der Waals surface area contributed by atoms with Crippen molar-refractivity contribution in [3.05, 3.63) is 114 Å². The fourth-order valence-corrected chi connectivity index (χ4v) is 4.85. The summed E-state index contributed by atoms with van der Waals surface area (Å²) >= 11 is 5.86. The summed E-state index contributed by atoms with van der Waals surface area (Å²) in [4.78, 5) is 6.94. The van der Waals surface area contributed by atoms with Crippen LogP contribution in [0.4, 0.5) is 0 Å². The van der Waals surface area contributed by atoms with Crippen LogP contribution in [0.25, 0.3) is 5.69 Å². The maximum atomic E-state index is 5.86. The molecule has 5 rings (SSSR count). The van der Waals surface area contributed by atoms with Gasteiger partial charge in [0.25, 0.3) is 0 Å². The Bertz CT molecular complexity index is 1240. The number of ether oxygens (including phenoxy) is 1. The second kappa shape index (κ2) is 9.08. The van der Waals surface area contributed by atoms with Gasteiger partial charge in [-0.3, -0.25) is 4.98 Å². The average Bonchev–Trinajstić information content (AvgIpc) is 3.40. The number of para-hydroxylation sites is 1. The molecule has 2 aromatic heterocycles. The zero-order valence-electron chi connectivity index (χ0n) is 18.7. The van der Waals surface area contributed by atoms with Crippen LogP contribution in [0.1, 0.15) is 34.7 Å². The molecule has 0 amide bonds. The molecule has 33 heavy (non-hydrogen) atoms. The van der Waals surface area contributed by atoms with Crippen molar-refractivity contribution in [3.63, 3.8) is 0 Å². The molecule has 1 aliphatic rings. The number of aromatic nitrogens is 2. The van der Waals surface area contributed by atoms with E-state index in [0.717, 1.165) is 22.2 Å². The predicted molar refractivity (Wildman–Crippen MR) is 134 cm³/mol. The van der Waals surface area contributed by atoms with Gasteiger partial charge in [0.1, 0.15) is 5.75 Å². The second-order valence-electron chi connectivity index (χ2n) is 8.17. The molecule has 3 heterocycles. The van der Waals surface area contributed by atoms with Crippen molar-refractivity contribution >= 4 is 17.3 Å². The fourth-order valence-electron chi connectivity index (χ4n) is 4.54. The first-order chi connectivity index (χ1) is 16.2. The fraction of sp³-hybridized carbons (Fsp3) is 0.185. The minimum absolute atomic E-state index is 0.0246. The van der Waals surface area contributed by atoms with E-state index in [1.807, 2.05) is 36.5 Å². The zero-order chi connectivity index (χ0) is 22.8. The van der Waals surface area contributed by atoms with E-state index in [1.165, 1.54) is 17.0 Å². The maximum Gasteiger partial charge on any atom is 0.170 e. The molecule has 6 heteroatoms.